The predicted molar refractivity (Wildman–Crippen MR) is 104 cm³/mol. The van der Waals surface area contributed by atoms with E-state index in [0.717, 1.165) is 54.6 Å². The quantitative estimate of drug-likeness (QED) is 0.628. The smallest absolute Gasteiger partial charge is 0.166 e. The summed E-state index contributed by atoms with van der Waals surface area (Å²) in [5.41, 5.74) is 15.2. The summed E-state index contributed by atoms with van der Waals surface area (Å²) < 4.78 is 5.31. The molecule has 1 saturated heterocycles. The number of rotatable bonds is 3. The largest absolute Gasteiger partial charge is 0.497 e. The molecule has 0 radical (unpaired) electrons. The van der Waals surface area contributed by atoms with Crippen LogP contribution in [0.4, 0.5) is 11.5 Å². The van der Waals surface area contributed by atoms with Gasteiger partial charge in [-0.3, -0.25) is 0 Å². The van der Waals surface area contributed by atoms with Crippen molar-refractivity contribution in [3.63, 3.8) is 0 Å². The maximum absolute atomic E-state index is 6.16. The van der Waals surface area contributed by atoms with Crippen LogP contribution in [0.3, 0.4) is 0 Å². The molecule has 1 aromatic heterocycles. The van der Waals surface area contributed by atoms with Crippen molar-refractivity contribution in [3.8, 4) is 17.0 Å². The van der Waals surface area contributed by atoms with Gasteiger partial charge < -0.3 is 26.0 Å². The van der Waals surface area contributed by atoms with E-state index >= 15 is 0 Å². The Labute approximate surface area is 152 Å². The molecule has 25 heavy (non-hydrogen) atoms. The van der Waals surface area contributed by atoms with Gasteiger partial charge in [0.1, 0.15) is 17.9 Å². The molecule has 0 unspecified atom stereocenters. The van der Waals surface area contributed by atoms with Crippen LogP contribution >= 0.6 is 12.2 Å². The maximum atomic E-state index is 6.16. The molecule has 0 aliphatic carbocycles. The van der Waals surface area contributed by atoms with Crippen molar-refractivity contribution in [1.82, 2.24) is 14.9 Å². The molecule has 7 nitrogen and oxygen atoms in total. The first-order chi connectivity index (χ1) is 12.0. The SMILES string of the molecule is COc1ccc(N)c(-c2ncnc(N3CCN(C(N)=S)CC3)c2C)c1. The summed E-state index contributed by atoms with van der Waals surface area (Å²) in [6.45, 7) is 5.21. The molecule has 1 aliphatic rings. The molecule has 3 rings (SSSR count). The number of piperazine rings is 1. The fourth-order valence-corrected chi connectivity index (χ4v) is 3.22. The Hall–Kier alpha value is -2.61. The van der Waals surface area contributed by atoms with E-state index in [0.29, 0.717) is 10.8 Å². The average molecular weight is 358 g/mol. The summed E-state index contributed by atoms with van der Waals surface area (Å²) in [6, 6.07) is 5.57. The monoisotopic (exact) mass is 358 g/mol. The predicted octanol–water partition coefficient (Wildman–Crippen LogP) is 1.41. The Balaban J connectivity index is 1.92. The number of hydrogen-bond acceptors (Lipinski definition) is 6. The molecule has 0 spiro atoms. The summed E-state index contributed by atoms with van der Waals surface area (Å²) >= 11 is 5.05. The van der Waals surface area contributed by atoms with Crippen LogP contribution in [0.15, 0.2) is 24.5 Å². The minimum atomic E-state index is 0.448. The maximum Gasteiger partial charge on any atom is 0.166 e. The Morgan fingerprint density at radius 2 is 1.92 bits per heavy atom. The zero-order chi connectivity index (χ0) is 18.0. The number of ether oxygens (including phenoxy) is 1. The van der Waals surface area contributed by atoms with Crippen LogP contribution in [0.2, 0.25) is 0 Å². The highest BCUT2D eigenvalue weighted by atomic mass is 32.1. The molecular weight excluding hydrogens is 336 g/mol. The molecule has 132 valence electrons. The number of nitrogens with two attached hydrogens (primary N) is 2. The van der Waals surface area contributed by atoms with E-state index in [-0.39, 0.29) is 0 Å². The fourth-order valence-electron chi connectivity index (χ4n) is 3.04. The van der Waals surface area contributed by atoms with Gasteiger partial charge in [-0.05, 0) is 37.3 Å². The first-order valence-corrected chi connectivity index (χ1v) is 8.47. The van der Waals surface area contributed by atoms with Crippen LogP contribution in [0.25, 0.3) is 11.3 Å². The van der Waals surface area contributed by atoms with Gasteiger partial charge >= 0.3 is 0 Å². The minimum Gasteiger partial charge on any atom is -0.497 e. The highest BCUT2D eigenvalue weighted by Gasteiger charge is 2.22. The lowest BCUT2D eigenvalue weighted by atomic mass is 10.0. The van der Waals surface area contributed by atoms with Crippen LogP contribution in [0.1, 0.15) is 5.56 Å². The summed E-state index contributed by atoms with van der Waals surface area (Å²) in [6.07, 6.45) is 1.58. The molecule has 8 heteroatoms. The van der Waals surface area contributed by atoms with E-state index < -0.39 is 0 Å². The van der Waals surface area contributed by atoms with Gasteiger partial charge in [-0.25, -0.2) is 9.97 Å². The van der Waals surface area contributed by atoms with Gasteiger partial charge in [0.05, 0.1) is 12.8 Å². The van der Waals surface area contributed by atoms with E-state index in [1.165, 1.54) is 0 Å². The van der Waals surface area contributed by atoms with Gasteiger partial charge in [0.15, 0.2) is 5.11 Å². The Morgan fingerprint density at radius 3 is 2.56 bits per heavy atom. The standard InChI is InChI=1S/C17H22N6OS/c1-11-15(13-9-12(24-2)3-4-14(13)18)20-10-21-16(11)22-5-7-23(8-6-22)17(19)25/h3-4,9-10H,5-8,18H2,1-2H3,(H2,19,25). The van der Waals surface area contributed by atoms with Crippen molar-refractivity contribution in [1.29, 1.82) is 0 Å². The topological polar surface area (TPSA) is 93.5 Å². The zero-order valence-electron chi connectivity index (χ0n) is 14.4. The first kappa shape index (κ1) is 17.2. The lowest BCUT2D eigenvalue weighted by molar-refractivity contribution is 0.387. The van der Waals surface area contributed by atoms with Crippen molar-refractivity contribution in [3.05, 3.63) is 30.1 Å². The van der Waals surface area contributed by atoms with Crippen LogP contribution in [-0.4, -0.2) is 53.3 Å². The number of methoxy groups -OCH3 is 1. The Bertz CT molecular complexity index is 789. The molecule has 0 amide bonds. The number of nitrogen functional groups attached to an aromatic ring is 1. The highest BCUT2D eigenvalue weighted by Crippen LogP contribution is 2.33. The van der Waals surface area contributed by atoms with Crippen LogP contribution in [-0.2, 0) is 0 Å². The van der Waals surface area contributed by atoms with Crippen molar-refractivity contribution in [2.45, 2.75) is 6.92 Å². The van der Waals surface area contributed by atoms with E-state index in [2.05, 4.69) is 14.9 Å². The fraction of sp³-hybridized carbons (Fsp3) is 0.353. The molecule has 0 bridgehead atoms. The molecule has 2 heterocycles. The van der Waals surface area contributed by atoms with Gasteiger partial charge in [-0.15, -0.1) is 0 Å². The van der Waals surface area contributed by atoms with Crippen molar-refractivity contribution >= 4 is 28.8 Å². The van der Waals surface area contributed by atoms with E-state index in [4.69, 9.17) is 28.4 Å². The zero-order valence-corrected chi connectivity index (χ0v) is 15.2. The number of thiocarbonyl (C=S) groups is 1. The third-order valence-corrected chi connectivity index (χ3v) is 4.72. The lowest BCUT2D eigenvalue weighted by Gasteiger charge is -2.36. The highest BCUT2D eigenvalue weighted by molar-refractivity contribution is 7.80. The van der Waals surface area contributed by atoms with Gasteiger partial charge in [0, 0.05) is 43.0 Å². The normalized spacial score (nSPS) is 14.5. The molecule has 1 aliphatic heterocycles. The number of hydrogen-bond donors (Lipinski definition) is 2. The van der Waals surface area contributed by atoms with Gasteiger partial charge in [-0.2, -0.15) is 0 Å². The summed E-state index contributed by atoms with van der Waals surface area (Å²) in [5.74, 6) is 1.66. The van der Waals surface area contributed by atoms with Crippen molar-refractivity contribution in [2.75, 3.05) is 43.9 Å². The molecule has 2 aromatic rings. The summed E-state index contributed by atoms with van der Waals surface area (Å²) in [4.78, 5) is 13.2. The van der Waals surface area contributed by atoms with E-state index in [1.807, 2.05) is 30.0 Å². The second kappa shape index (κ2) is 7.10. The molecule has 1 fully saturated rings. The summed E-state index contributed by atoms with van der Waals surface area (Å²) in [5, 5.41) is 0.448. The number of anilines is 2. The first-order valence-electron chi connectivity index (χ1n) is 8.06. The number of aromatic nitrogens is 2. The van der Waals surface area contributed by atoms with Gasteiger partial charge in [0.2, 0.25) is 0 Å². The third kappa shape index (κ3) is 3.43. The van der Waals surface area contributed by atoms with Crippen LogP contribution < -0.4 is 21.1 Å². The van der Waals surface area contributed by atoms with E-state index in [1.54, 1.807) is 13.4 Å². The third-order valence-electron chi connectivity index (χ3n) is 4.46. The van der Waals surface area contributed by atoms with Crippen LogP contribution in [0.5, 0.6) is 5.75 Å². The minimum absolute atomic E-state index is 0.448. The lowest BCUT2D eigenvalue weighted by Crippen LogP contribution is -2.50. The van der Waals surface area contributed by atoms with Gasteiger partial charge in [-0.1, -0.05) is 0 Å². The Morgan fingerprint density at radius 1 is 1.20 bits per heavy atom. The second-order valence-electron chi connectivity index (χ2n) is 5.94. The summed E-state index contributed by atoms with van der Waals surface area (Å²) in [7, 11) is 1.63. The molecule has 0 saturated carbocycles. The van der Waals surface area contributed by atoms with Crippen LogP contribution in [0, 0.1) is 6.92 Å². The number of nitrogens with zero attached hydrogens (tertiary/aromatic N) is 4. The van der Waals surface area contributed by atoms with E-state index in [9.17, 15) is 0 Å². The molecule has 1 aromatic carbocycles. The molecular formula is C17H22N6OS. The van der Waals surface area contributed by atoms with Crippen molar-refractivity contribution in [2.24, 2.45) is 5.73 Å². The van der Waals surface area contributed by atoms with Gasteiger partial charge in [0.25, 0.3) is 0 Å². The number of benzene rings is 1. The molecule has 4 N–H and O–H groups in total. The second-order valence-corrected chi connectivity index (χ2v) is 6.35. The average Bonchev–Trinajstić information content (AvgIpc) is 2.63. The van der Waals surface area contributed by atoms with Crippen molar-refractivity contribution < 1.29 is 4.74 Å². The Kier molecular flexibility index (Phi) is 4.89. The molecule has 0 atom stereocenters.